The maximum absolute atomic E-state index is 6.39. The molecule has 1 atom stereocenters. The number of aromatic amines is 1. The lowest BCUT2D eigenvalue weighted by atomic mass is 9.97. The molecular formula is C32H28N4OS. The first-order chi connectivity index (χ1) is 18.6. The third-order valence-corrected chi connectivity index (χ3v) is 7.61. The number of nitrogens with zero attached hydrogens (tertiary/aromatic N) is 2. The van der Waals surface area contributed by atoms with Gasteiger partial charge in [0.15, 0.2) is 0 Å². The molecule has 0 spiro atoms. The van der Waals surface area contributed by atoms with Gasteiger partial charge in [-0.05, 0) is 59.7 Å². The van der Waals surface area contributed by atoms with Crippen molar-refractivity contribution >= 4 is 22.2 Å². The average molecular weight is 517 g/mol. The van der Waals surface area contributed by atoms with Gasteiger partial charge in [0.05, 0.1) is 22.3 Å². The Morgan fingerprint density at radius 3 is 2.45 bits per heavy atom. The van der Waals surface area contributed by atoms with E-state index < -0.39 is 0 Å². The molecule has 0 unspecified atom stereocenters. The van der Waals surface area contributed by atoms with Gasteiger partial charge in [-0.2, -0.15) is 5.10 Å². The highest BCUT2D eigenvalue weighted by Gasteiger charge is 2.16. The minimum Gasteiger partial charge on any atom is -0.490 e. The lowest BCUT2D eigenvalue weighted by molar-refractivity contribution is 0.287. The number of hydrogen-bond acceptors (Lipinski definition) is 5. The minimum absolute atomic E-state index is 0.117. The quantitative estimate of drug-likeness (QED) is 0.223. The monoisotopic (exact) mass is 516 g/mol. The van der Waals surface area contributed by atoms with Crippen LogP contribution in [0.2, 0.25) is 0 Å². The van der Waals surface area contributed by atoms with Crippen molar-refractivity contribution in [2.75, 3.05) is 6.61 Å². The first-order valence-electron chi connectivity index (χ1n) is 12.7. The molecule has 0 bridgehead atoms. The molecule has 0 amide bonds. The van der Waals surface area contributed by atoms with Gasteiger partial charge in [-0.1, -0.05) is 66.7 Å². The molecule has 0 saturated heterocycles. The van der Waals surface area contributed by atoms with Gasteiger partial charge in [-0.3, -0.25) is 10.1 Å². The topological polar surface area (TPSA) is 76.8 Å². The fourth-order valence-electron chi connectivity index (χ4n) is 4.67. The Bertz CT molecular complexity index is 1670. The first-order valence-corrected chi connectivity index (χ1v) is 13.5. The molecule has 0 radical (unpaired) electrons. The minimum atomic E-state index is -0.117. The normalized spacial score (nSPS) is 12.1. The molecule has 3 N–H and O–H groups in total. The summed E-state index contributed by atoms with van der Waals surface area (Å²) in [5.41, 5.74) is 14.8. The van der Waals surface area contributed by atoms with E-state index in [0.717, 1.165) is 50.3 Å². The third-order valence-electron chi connectivity index (χ3n) is 6.55. The second-order valence-corrected chi connectivity index (χ2v) is 10.4. The number of pyridine rings is 1. The van der Waals surface area contributed by atoms with Gasteiger partial charge in [-0.25, -0.2) is 0 Å². The second kappa shape index (κ2) is 10.6. The number of thiophene rings is 1. The first kappa shape index (κ1) is 24.1. The van der Waals surface area contributed by atoms with Gasteiger partial charge in [-0.15, -0.1) is 11.3 Å². The van der Waals surface area contributed by atoms with Crippen molar-refractivity contribution in [3.63, 3.8) is 0 Å². The molecule has 3 heterocycles. The fourth-order valence-corrected chi connectivity index (χ4v) is 5.58. The van der Waals surface area contributed by atoms with Crippen LogP contribution in [0.4, 0.5) is 0 Å². The van der Waals surface area contributed by atoms with E-state index in [0.29, 0.717) is 12.4 Å². The summed E-state index contributed by atoms with van der Waals surface area (Å²) in [6.07, 6.45) is 2.54. The maximum Gasteiger partial charge on any atom is 0.138 e. The van der Waals surface area contributed by atoms with E-state index in [1.807, 2.05) is 36.4 Å². The molecule has 6 aromatic rings. The van der Waals surface area contributed by atoms with Crippen LogP contribution in [0.25, 0.3) is 43.9 Å². The number of nitrogens with one attached hydrogen (secondary N) is 1. The van der Waals surface area contributed by atoms with Crippen LogP contribution in [0.15, 0.2) is 103 Å². The number of H-pyrrole nitrogens is 1. The highest BCUT2D eigenvalue weighted by atomic mass is 32.1. The zero-order valence-electron chi connectivity index (χ0n) is 21.1. The number of nitrogens with two attached hydrogens (primary N) is 1. The van der Waals surface area contributed by atoms with Crippen LogP contribution in [0.1, 0.15) is 11.1 Å². The molecule has 6 rings (SSSR count). The number of aryl methyl sites for hydroxylation is 1. The van der Waals surface area contributed by atoms with E-state index >= 15 is 0 Å². The standard InChI is InChI=1S/C32H28N4OS/c1-21-14-30(38-20-21)32-28-16-24(12-13-29(28)35-36-32)27-17-26(18-34-31(27)23-10-6-3-7-11-23)37-19-25(33)15-22-8-4-2-5-9-22/h2-14,16-18,20,25H,15,19,33H2,1H3,(H,35,36)/t25-/m0/s1. The van der Waals surface area contributed by atoms with Crippen molar-refractivity contribution in [3.8, 4) is 38.7 Å². The average Bonchev–Trinajstić information content (AvgIpc) is 3.58. The van der Waals surface area contributed by atoms with Crippen LogP contribution < -0.4 is 10.5 Å². The van der Waals surface area contributed by atoms with Crippen molar-refractivity contribution in [2.24, 2.45) is 5.73 Å². The predicted octanol–water partition coefficient (Wildman–Crippen LogP) is 7.28. The molecule has 0 fully saturated rings. The lowest BCUT2D eigenvalue weighted by Crippen LogP contribution is -2.30. The number of hydrogen-bond donors (Lipinski definition) is 2. The molecule has 0 aliphatic rings. The SMILES string of the molecule is Cc1csc(-c2n[nH]c3ccc(-c4cc(OC[C@@H](N)Cc5ccccc5)cnc4-c4ccccc4)cc23)c1. The van der Waals surface area contributed by atoms with E-state index in [1.54, 1.807) is 17.5 Å². The molecule has 3 aromatic carbocycles. The van der Waals surface area contributed by atoms with Crippen molar-refractivity contribution in [1.82, 2.24) is 15.2 Å². The van der Waals surface area contributed by atoms with Gasteiger partial charge >= 0.3 is 0 Å². The zero-order chi connectivity index (χ0) is 25.9. The molecule has 6 heteroatoms. The summed E-state index contributed by atoms with van der Waals surface area (Å²) in [4.78, 5) is 6.00. The Morgan fingerprint density at radius 1 is 0.895 bits per heavy atom. The van der Waals surface area contributed by atoms with Crippen molar-refractivity contribution in [2.45, 2.75) is 19.4 Å². The van der Waals surface area contributed by atoms with Crippen LogP contribution in [0.3, 0.4) is 0 Å². The van der Waals surface area contributed by atoms with Crippen LogP contribution in [-0.4, -0.2) is 27.8 Å². The number of ether oxygens (including phenoxy) is 1. The van der Waals surface area contributed by atoms with Gasteiger partial charge in [0, 0.05) is 22.6 Å². The fraction of sp³-hybridized carbons (Fsp3) is 0.125. The van der Waals surface area contributed by atoms with Crippen LogP contribution in [0, 0.1) is 6.92 Å². The summed E-state index contributed by atoms with van der Waals surface area (Å²) < 4.78 is 6.16. The highest BCUT2D eigenvalue weighted by molar-refractivity contribution is 7.13. The molecule has 188 valence electrons. The Balaban J connectivity index is 1.35. The number of benzene rings is 3. The summed E-state index contributed by atoms with van der Waals surface area (Å²) in [6.45, 7) is 2.51. The highest BCUT2D eigenvalue weighted by Crippen LogP contribution is 2.37. The van der Waals surface area contributed by atoms with E-state index in [1.165, 1.54) is 11.1 Å². The van der Waals surface area contributed by atoms with E-state index in [4.69, 9.17) is 15.5 Å². The number of rotatable bonds is 8. The maximum atomic E-state index is 6.39. The van der Waals surface area contributed by atoms with Gasteiger partial charge in [0.25, 0.3) is 0 Å². The molecule has 0 aliphatic heterocycles. The predicted molar refractivity (Wildman–Crippen MR) is 156 cm³/mol. The summed E-state index contributed by atoms with van der Waals surface area (Å²) in [7, 11) is 0. The Hall–Kier alpha value is -4.26. The molecular weight excluding hydrogens is 488 g/mol. The smallest absolute Gasteiger partial charge is 0.138 e. The summed E-state index contributed by atoms with van der Waals surface area (Å²) in [6, 6.07) is 31.0. The second-order valence-electron chi connectivity index (χ2n) is 9.51. The van der Waals surface area contributed by atoms with Crippen LogP contribution >= 0.6 is 11.3 Å². The summed E-state index contributed by atoms with van der Waals surface area (Å²) >= 11 is 1.71. The van der Waals surface area contributed by atoms with Crippen molar-refractivity contribution in [3.05, 3.63) is 114 Å². The van der Waals surface area contributed by atoms with Crippen LogP contribution in [-0.2, 0) is 6.42 Å². The lowest BCUT2D eigenvalue weighted by Gasteiger charge is -2.16. The summed E-state index contributed by atoms with van der Waals surface area (Å²) in [5, 5.41) is 11.0. The Labute approximate surface area is 226 Å². The van der Waals surface area contributed by atoms with Crippen molar-refractivity contribution < 1.29 is 4.74 Å². The molecule has 5 nitrogen and oxygen atoms in total. The largest absolute Gasteiger partial charge is 0.490 e. The Kier molecular flexibility index (Phi) is 6.73. The van der Waals surface area contributed by atoms with Gasteiger partial charge in [0.2, 0.25) is 0 Å². The summed E-state index contributed by atoms with van der Waals surface area (Å²) in [5.74, 6) is 0.699. The van der Waals surface area contributed by atoms with Gasteiger partial charge < -0.3 is 10.5 Å². The molecule has 38 heavy (non-hydrogen) atoms. The zero-order valence-corrected chi connectivity index (χ0v) is 21.9. The molecule has 3 aromatic heterocycles. The van der Waals surface area contributed by atoms with E-state index in [-0.39, 0.29) is 6.04 Å². The number of fused-ring (bicyclic) bond motifs is 1. The van der Waals surface area contributed by atoms with Crippen molar-refractivity contribution in [1.29, 1.82) is 0 Å². The third kappa shape index (κ3) is 5.09. The van der Waals surface area contributed by atoms with E-state index in [9.17, 15) is 0 Å². The van der Waals surface area contributed by atoms with Gasteiger partial charge in [0.1, 0.15) is 18.1 Å². The van der Waals surface area contributed by atoms with Crippen LogP contribution in [0.5, 0.6) is 5.75 Å². The molecule has 0 saturated carbocycles. The molecule has 0 aliphatic carbocycles. The van der Waals surface area contributed by atoms with E-state index in [2.05, 4.69) is 77.1 Å². The Morgan fingerprint density at radius 2 is 1.68 bits per heavy atom. The number of aromatic nitrogens is 3.